The lowest BCUT2D eigenvalue weighted by molar-refractivity contribution is -0.141. The van der Waals surface area contributed by atoms with Gasteiger partial charge in [-0.2, -0.15) is 0 Å². The van der Waals surface area contributed by atoms with Crippen LogP contribution in [0.4, 0.5) is 0 Å². The lowest BCUT2D eigenvalue weighted by atomic mass is 9.98. The molecule has 0 saturated carbocycles. The van der Waals surface area contributed by atoms with E-state index >= 15 is 0 Å². The quantitative estimate of drug-likeness (QED) is 0.0984. The van der Waals surface area contributed by atoms with Gasteiger partial charge in [-0.15, -0.1) is 0 Å². The highest BCUT2D eigenvalue weighted by molar-refractivity contribution is 7.99. The number of benzene rings is 2. The van der Waals surface area contributed by atoms with Gasteiger partial charge in [0.1, 0.15) is 11.1 Å². The minimum Gasteiger partial charge on any atom is -0.503 e. The number of ether oxygens (including phenoxy) is 2. The lowest BCUT2D eigenvalue weighted by Gasteiger charge is -2.12. The minimum absolute atomic E-state index is 0.197. The number of hydrogen-bond acceptors (Lipinski definition) is 9. The zero-order valence-electron chi connectivity index (χ0n) is 17.2. The summed E-state index contributed by atoms with van der Waals surface area (Å²) in [7, 11) is 2.72. The summed E-state index contributed by atoms with van der Waals surface area (Å²) in [6, 6.07) is 14.5. The van der Waals surface area contributed by atoms with Gasteiger partial charge in [0, 0.05) is 23.8 Å². The number of oxazole rings is 1. The highest BCUT2D eigenvalue weighted by Crippen LogP contribution is 2.27. The molecule has 31 heavy (non-hydrogen) atoms. The molecule has 0 bridgehead atoms. The Bertz CT molecular complexity index is 1120. The Morgan fingerprint density at radius 3 is 2.48 bits per heavy atom. The fourth-order valence-corrected chi connectivity index (χ4v) is 3.51. The molecule has 0 spiro atoms. The fraction of sp³-hybridized carbons (Fsp3) is 0.182. The van der Waals surface area contributed by atoms with Crippen molar-refractivity contribution in [1.29, 1.82) is 0 Å². The van der Waals surface area contributed by atoms with Crippen molar-refractivity contribution in [2.24, 2.45) is 5.16 Å². The van der Waals surface area contributed by atoms with Crippen molar-refractivity contribution in [3.05, 3.63) is 65.9 Å². The smallest absolute Gasteiger partial charge is 0.341 e. The van der Waals surface area contributed by atoms with Gasteiger partial charge in [0.15, 0.2) is 5.58 Å². The summed E-state index contributed by atoms with van der Waals surface area (Å²) in [6.07, 6.45) is 1.29. The van der Waals surface area contributed by atoms with Gasteiger partial charge < -0.3 is 18.7 Å². The molecule has 1 aromatic heterocycles. The second kappa shape index (κ2) is 10.4. The van der Waals surface area contributed by atoms with Gasteiger partial charge in [0.05, 0.1) is 26.2 Å². The molecule has 9 heteroatoms. The summed E-state index contributed by atoms with van der Waals surface area (Å²) in [5, 5.41) is 4.45. The molecule has 0 fully saturated rings. The van der Waals surface area contributed by atoms with E-state index in [1.165, 1.54) is 39.2 Å². The number of rotatable bonds is 8. The maximum atomic E-state index is 12.3. The highest BCUT2D eigenvalue weighted by Gasteiger charge is 2.21. The van der Waals surface area contributed by atoms with Crippen LogP contribution in [0, 0.1) is 0 Å². The van der Waals surface area contributed by atoms with E-state index in [1.807, 2.05) is 24.3 Å². The zero-order valence-corrected chi connectivity index (χ0v) is 18.0. The van der Waals surface area contributed by atoms with Crippen molar-refractivity contribution in [3.63, 3.8) is 0 Å². The zero-order chi connectivity index (χ0) is 22.2. The molecule has 2 aromatic carbocycles. The van der Waals surface area contributed by atoms with Gasteiger partial charge in [-0.3, -0.25) is 0 Å². The molecular formula is C22H20N2O6S. The Labute approximate surface area is 182 Å². The van der Waals surface area contributed by atoms with E-state index in [0.717, 1.165) is 5.52 Å². The van der Waals surface area contributed by atoms with Crippen LogP contribution in [0.1, 0.15) is 18.1 Å². The predicted molar refractivity (Wildman–Crippen MR) is 116 cm³/mol. The van der Waals surface area contributed by atoms with Gasteiger partial charge in [-0.25, -0.2) is 14.6 Å². The maximum absolute atomic E-state index is 12.3. The number of para-hydroxylation sites is 2. The number of aromatic nitrogens is 1. The molecule has 160 valence electrons. The van der Waals surface area contributed by atoms with Crippen LogP contribution in [0.15, 0.2) is 69.6 Å². The summed E-state index contributed by atoms with van der Waals surface area (Å²) >= 11 is 1.28. The number of methoxy groups -OCH3 is 2. The van der Waals surface area contributed by atoms with Crippen LogP contribution in [0.5, 0.6) is 0 Å². The van der Waals surface area contributed by atoms with Crippen molar-refractivity contribution in [2.45, 2.75) is 12.1 Å². The molecule has 0 aliphatic rings. The van der Waals surface area contributed by atoms with Crippen LogP contribution < -0.4 is 0 Å². The Morgan fingerprint density at radius 1 is 1.10 bits per heavy atom. The number of oxime groups is 1. The summed E-state index contributed by atoms with van der Waals surface area (Å²) in [4.78, 5) is 33.0. The average molecular weight is 440 g/mol. The molecule has 0 amide bonds. The molecule has 1 heterocycles. The number of fused-ring (bicyclic) bond motifs is 1. The van der Waals surface area contributed by atoms with E-state index in [9.17, 15) is 9.59 Å². The van der Waals surface area contributed by atoms with Gasteiger partial charge in [-0.05, 0) is 12.1 Å². The van der Waals surface area contributed by atoms with Gasteiger partial charge >= 0.3 is 11.9 Å². The number of thioether (sulfide) groups is 1. The van der Waals surface area contributed by atoms with Gasteiger partial charge in [-0.1, -0.05) is 53.3 Å². The third kappa shape index (κ3) is 5.52. The van der Waals surface area contributed by atoms with Crippen molar-refractivity contribution >= 4 is 46.1 Å². The molecule has 3 rings (SSSR count). The van der Waals surface area contributed by atoms with Crippen molar-refractivity contribution in [3.8, 4) is 0 Å². The molecule has 0 N–H and O–H groups in total. The van der Waals surface area contributed by atoms with Crippen LogP contribution in [0.3, 0.4) is 0 Å². The molecule has 0 unspecified atom stereocenters. The van der Waals surface area contributed by atoms with Gasteiger partial charge in [0.2, 0.25) is 0 Å². The number of esters is 1. The molecule has 0 aliphatic heterocycles. The monoisotopic (exact) mass is 440 g/mol. The number of carbonyl (C=O) groups is 2. The van der Waals surface area contributed by atoms with Crippen molar-refractivity contribution in [2.75, 3.05) is 20.0 Å². The second-order valence-corrected chi connectivity index (χ2v) is 7.09. The first-order chi connectivity index (χ1) is 15.0. The van der Waals surface area contributed by atoms with Crippen molar-refractivity contribution < 1.29 is 28.3 Å². The first-order valence-corrected chi connectivity index (χ1v) is 10.2. The molecule has 3 aromatic rings. The first-order valence-electron chi connectivity index (χ1n) is 9.17. The van der Waals surface area contributed by atoms with Crippen molar-refractivity contribution in [1.82, 2.24) is 4.98 Å². The Kier molecular flexibility index (Phi) is 7.45. The normalized spacial score (nSPS) is 12.0. The van der Waals surface area contributed by atoms with E-state index in [1.54, 1.807) is 24.3 Å². The number of hydrogen-bond donors (Lipinski definition) is 0. The second-order valence-electron chi connectivity index (χ2n) is 6.16. The largest absolute Gasteiger partial charge is 0.503 e. The van der Waals surface area contributed by atoms with Gasteiger partial charge in [0.25, 0.3) is 5.22 Å². The Hall–Kier alpha value is -3.59. The Balaban J connectivity index is 1.97. The summed E-state index contributed by atoms with van der Waals surface area (Å²) in [6.45, 7) is 1.26. The molecule has 0 aliphatic carbocycles. The summed E-state index contributed by atoms with van der Waals surface area (Å²) in [5.41, 5.74) is 3.09. The number of nitrogens with zero attached hydrogens (tertiary/aromatic N) is 2. The van der Waals surface area contributed by atoms with E-state index in [-0.39, 0.29) is 11.3 Å². The molecular weight excluding hydrogens is 420 g/mol. The molecule has 0 atom stereocenters. The van der Waals surface area contributed by atoms with Crippen LogP contribution in [0.2, 0.25) is 0 Å². The third-order valence-corrected chi connectivity index (χ3v) is 4.90. The number of carbonyl (C=O) groups excluding carboxylic acids is 2. The average Bonchev–Trinajstić information content (AvgIpc) is 3.20. The molecule has 8 nitrogen and oxygen atoms in total. The SMILES string of the molecule is CO/C=C(/C(=O)OC)c1ccccc1C(CSc1nc2ccccc2o1)=NOC(C)=O. The minimum atomic E-state index is -0.576. The first kappa shape index (κ1) is 22.1. The van der Waals surface area contributed by atoms with E-state index in [2.05, 4.69) is 10.1 Å². The van der Waals surface area contributed by atoms with E-state index in [0.29, 0.717) is 27.6 Å². The topological polar surface area (TPSA) is 100 Å². The summed E-state index contributed by atoms with van der Waals surface area (Å²) < 4.78 is 15.7. The highest BCUT2D eigenvalue weighted by atomic mass is 32.2. The van der Waals surface area contributed by atoms with Crippen LogP contribution in [-0.2, 0) is 23.9 Å². The van der Waals surface area contributed by atoms with E-state index in [4.69, 9.17) is 18.7 Å². The third-order valence-electron chi connectivity index (χ3n) is 4.06. The predicted octanol–water partition coefficient (Wildman–Crippen LogP) is 4.05. The van der Waals surface area contributed by atoms with Crippen LogP contribution >= 0.6 is 11.8 Å². The van der Waals surface area contributed by atoms with E-state index < -0.39 is 11.9 Å². The summed E-state index contributed by atoms with van der Waals surface area (Å²) in [5.74, 6) is -0.881. The molecule has 0 radical (unpaired) electrons. The fourth-order valence-electron chi connectivity index (χ4n) is 2.73. The van der Waals surface area contributed by atoms with Crippen LogP contribution in [-0.4, -0.2) is 42.6 Å². The molecule has 0 saturated heterocycles. The Morgan fingerprint density at radius 2 is 1.81 bits per heavy atom. The standard InChI is InChI=1S/C22H20N2O6S/c1-14(25)30-24-19(13-31-22-23-18-10-6-7-11-20(18)29-22)16-9-5-4-8-15(16)17(12-27-2)21(26)28-3/h4-12H,13H2,1-3H3/b17-12+,24-19?. The maximum Gasteiger partial charge on any atom is 0.341 e. The van der Waals surface area contributed by atoms with Crippen LogP contribution in [0.25, 0.3) is 16.7 Å². The lowest BCUT2D eigenvalue weighted by Crippen LogP contribution is -2.13.